The highest BCUT2D eigenvalue weighted by atomic mass is 16.5. The molecule has 156 valence electrons. The number of fused-ring (bicyclic) bond motifs is 4. The molecular weight excluding hydrogens is 378 g/mol. The minimum atomic E-state index is 0.0831. The molecule has 6 nitrogen and oxygen atoms in total. The summed E-state index contributed by atoms with van der Waals surface area (Å²) in [7, 11) is 1.73. The molecule has 3 aromatic rings. The summed E-state index contributed by atoms with van der Waals surface area (Å²) in [6.45, 7) is 4.65. The number of aromatic nitrogens is 1. The van der Waals surface area contributed by atoms with E-state index < -0.39 is 0 Å². The van der Waals surface area contributed by atoms with Crippen LogP contribution in [-0.4, -0.2) is 42.2 Å². The second-order valence-corrected chi connectivity index (χ2v) is 8.03. The van der Waals surface area contributed by atoms with Crippen molar-refractivity contribution in [1.29, 1.82) is 0 Å². The highest BCUT2D eigenvalue weighted by Crippen LogP contribution is 2.31. The smallest absolute Gasteiger partial charge is 0.224 e. The summed E-state index contributed by atoms with van der Waals surface area (Å²) >= 11 is 0. The molecule has 0 saturated heterocycles. The zero-order valence-electron chi connectivity index (χ0n) is 17.3. The SMILES string of the molecule is COc1cccc2c1cc1n2CCN(CCCOc2ccc3c(c2)NC(=O)CC3)C1. The molecule has 1 amide bonds. The van der Waals surface area contributed by atoms with Gasteiger partial charge in [0.2, 0.25) is 5.91 Å². The first-order valence-corrected chi connectivity index (χ1v) is 10.6. The molecule has 0 atom stereocenters. The first-order chi connectivity index (χ1) is 14.7. The van der Waals surface area contributed by atoms with Crippen LogP contribution in [0.3, 0.4) is 0 Å². The molecule has 2 aliphatic heterocycles. The van der Waals surface area contributed by atoms with Gasteiger partial charge in [-0.2, -0.15) is 0 Å². The average Bonchev–Trinajstić information content (AvgIpc) is 3.14. The number of methoxy groups -OCH3 is 1. The normalized spacial score (nSPS) is 16.1. The van der Waals surface area contributed by atoms with Crippen LogP contribution in [0.4, 0.5) is 5.69 Å². The third kappa shape index (κ3) is 3.63. The van der Waals surface area contributed by atoms with Gasteiger partial charge in [-0.1, -0.05) is 12.1 Å². The van der Waals surface area contributed by atoms with E-state index >= 15 is 0 Å². The summed E-state index contributed by atoms with van der Waals surface area (Å²) in [4.78, 5) is 14.1. The van der Waals surface area contributed by atoms with E-state index in [4.69, 9.17) is 9.47 Å². The number of aryl methyl sites for hydroxylation is 1. The molecule has 0 unspecified atom stereocenters. The lowest BCUT2D eigenvalue weighted by Gasteiger charge is -2.28. The Hall–Kier alpha value is -2.99. The van der Waals surface area contributed by atoms with Crippen molar-refractivity contribution in [3.8, 4) is 11.5 Å². The summed E-state index contributed by atoms with van der Waals surface area (Å²) in [5, 5.41) is 4.13. The molecule has 0 aliphatic carbocycles. The fourth-order valence-electron chi connectivity index (χ4n) is 4.54. The van der Waals surface area contributed by atoms with Crippen LogP contribution < -0.4 is 14.8 Å². The van der Waals surface area contributed by atoms with Crippen molar-refractivity contribution in [1.82, 2.24) is 9.47 Å². The summed E-state index contributed by atoms with van der Waals surface area (Å²) in [6, 6.07) is 14.5. The Morgan fingerprint density at radius 3 is 2.93 bits per heavy atom. The summed E-state index contributed by atoms with van der Waals surface area (Å²) in [5.41, 5.74) is 4.67. The zero-order valence-corrected chi connectivity index (χ0v) is 17.3. The Bertz CT molecular complexity index is 1090. The quantitative estimate of drug-likeness (QED) is 0.634. The van der Waals surface area contributed by atoms with Crippen molar-refractivity contribution in [3.63, 3.8) is 0 Å². The molecule has 30 heavy (non-hydrogen) atoms. The van der Waals surface area contributed by atoms with Crippen molar-refractivity contribution >= 4 is 22.5 Å². The zero-order chi connectivity index (χ0) is 20.5. The topological polar surface area (TPSA) is 55.7 Å². The van der Waals surface area contributed by atoms with Gasteiger partial charge in [-0.3, -0.25) is 9.69 Å². The van der Waals surface area contributed by atoms with Gasteiger partial charge in [-0.15, -0.1) is 0 Å². The van der Waals surface area contributed by atoms with Gasteiger partial charge in [-0.25, -0.2) is 0 Å². The van der Waals surface area contributed by atoms with Crippen LogP contribution in [0.5, 0.6) is 11.5 Å². The summed E-state index contributed by atoms with van der Waals surface area (Å²) in [6.07, 6.45) is 2.33. The van der Waals surface area contributed by atoms with Crippen LogP contribution in [0.2, 0.25) is 0 Å². The fraction of sp³-hybridized carbons (Fsp3) is 0.375. The predicted octanol–water partition coefficient (Wildman–Crippen LogP) is 3.82. The van der Waals surface area contributed by atoms with Gasteiger partial charge < -0.3 is 19.4 Å². The molecule has 2 aliphatic rings. The largest absolute Gasteiger partial charge is 0.496 e. The lowest BCUT2D eigenvalue weighted by molar-refractivity contribution is -0.116. The average molecular weight is 405 g/mol. The van der Waals surface area contributed by atoms with E-state index in [0.717, 1.165) is 56.2 Å². The van der Waals surface area contributed by atoms with Gasteiger partial charge in [0.05, 0.1) is 19.2 Å². The number of ether oxygens (including phenoxy) is 2. The summed E-state index contributed by atoms with van der Waals surface area (Å²) in [5.74, 6) is 1.84. The first kappa shape index (κ1) is 19.0. The van der Waals surface area contributed by atoms with Gasteiger partial charge in [-0.05, 0) is 42.7 Å². The summed E-state index contributed by atoms with van der Waals surface area (Å²) < 4.78 is 13.9. The second kappa shape index (κ2) is 8.03. The second-order valence-electron chi connectivity index (χ2n) is 8.03. The van der Waals surface area contributed by atoms with Crippen LogP contribution in [0.1, 0.15) is 24.1 Å². The molecule has 0 saturated carbocycles. The van der Waals surface area contributed by atoms with Gasteiger partial charge in [0.25, 0.3) is 0 Å². The maximum Gasteiger partial charge on any atom is 0.224 e. The highest BCUT2D eigenvalue weighted by molar-refractivity contribution is 5.94. The van der Waals surface area contributed by atoms with Crippen LogP contribution in [0.15, 0.2) is 42.5 Å². The molecule has 0 spiro atoms. The van der Waals surface area contributed by atoms with E-state index in [1.807, 2.05) is 18.2 Å². The van der Waals surface area contributed by atoms with Crippen molar-refractivity contribution in [3.05, 3.63) is 53.7 Å². The van der Waals surface area contributed by atoms with Gasteiger partial charge in [0, 0.05) is 55.4 Å². The number of rotatable bonds is 6. The maximum atomic E-state index is 11.6. The molecule has 5 rings (SSSR count). The van der Waals surface area contributed by atoms with E-state index in [1.54, 1.807) is 7.11 Å². The Morgan fingerprint density at radius 1 is 1.10 bits per heavy atom. The van der Waals surface area contributed by atoms with Gasteiger partial charge in [0.15, 0.2) is 0 Å². The van der Waals surface area contributed by atoms with Crippen LogP contribution >= 0.6 is 0 Å². The van der Waals surface area contributed by atoms with Crippen LogP contribution in [0, 0.1) is 0 Å². The molecule has 0 fully saturated rings. The number of hydrogen-bond donors (Lipinski definition) is 1. The maximum absolute atomic E-state index is 11.6. The molecule has 0 bridgehead atoms. The Labute approximate surface area is 176 Å². The number of nitrogens with one attached hydrogen (secondary N) is 1. The van der Waals surface area contributed by atoms with E-state index in [9.17, 15) is 4.79 Å². The highest BCUT2D eigenvalue weighted by Gasteiger charge is 2.20. The Morgan fingerprint density at radius 2 is 2.03 bits per heavy atom. The van der Waals surface area contributed by atoms with Crippen molar-refractivity contribution < 1.29 is 14.3 Å². The number of nitrogens with zero attached hydrogens (tertiary/aromatic N) is 2. The van der Waals surface area contributed by atoms with E-state index in [1.165, 1.54) is 22.2 Å². The Kier molecular flexibility index (Phi) is 5.09. The molecule has 0 radical (unpaired) electrons. The van der Waals surface area contributed by atoms with Crippen molar-refractivity contribution in [2.75, 3.05) is 32.1 Å². The van der Waals surface area contributed by atoms with Crippen molar-refractivity contribution in [2.24, 2.45) is 0 Å². The minimum Gasteiger partial charge on any atom is -0.496 e. The van der Waals surface area contributed by atoms with Crippen LogP contribution in [0.25, 0.3) is 10.9 Å². The fourth-order valence-corrected chi connectivity index (χ4v) is 4.54. The van der Waals surface area contributed by atoms with Gasteiger partial charge >= 0.3 is 0 Å². The van der Waals surface area contributed by atoms with Crippen LogP contribution in [-0.2, 0) is 24.3 Å². The standard InChI is InChI=1S/C24H27N3O3/c1-29-23-5-2-4-22-20(23)14-18-16-26(11-12-27(18)22)10-3-13-30-19-8-6-17-7-9-24(28)25-21(17)15-19/h2,4-6,8,14-15H,3,7,9-13,16H2,1H3,(H,25,28). The number of benzene rings is 2. The van der Waals surface area contributed by atoms with E-state index in [2.05, 4.69) is 39.0 Å². The number of amides is 1. The molecule has 3 heterocycles. The Balaban J connectivity index is 1.16. The lowest BCUT2D eigenvalue weighted by Crippen LogP contribution is -2.34. The van der Waals surface area contributed by atoms with E-state index in [-0.39, 0.29) is 5.91 Å². The first-order valence-electron chi connectivity index (χ1n) is 10.6. The molecule has 6 heteroatoms. The number of anilines is 1. The molecule has 1 N–H and O–H groups in total. The monoisotopic (exact) mass is 405 g/mol. The molecule has 1 aromatic heterocycles. The third-order valence-corrected chi connectivity index (χ3v) is 6.10. The minimum absolute atomic E-state index is 0.0831. The molecular formula is C24H27N3O3. The predicted molar refractivity (Wildman–Crippen MR) is 117 cm³/mol. The number of carbonyl (C=O) groups excluding carboxylic acids is 1. The van der Waals surface area contributed by atoms with Crippen molar-refractivity contribution in [2.45, 2.75) is 32.4 Å². The number of carbonyl (C=O) groups is 1. The third-order valence-electron chi connectivity index (χ3n) is 6.10. The van der Waals surface area contributed by atoms with E-state index in [0.29, 0.717) is 13.0 Å². The lowest BCUT2D eigenvalue weighted by atomic mass is 10.0. The van der Waals surface area contributed by atoms with Gasteiger partial charge in [0.1, 0.15) is 11.5 Å². The molecule has 2 aromatic carbocycles. The number of hydrogen-bond acceptors (Lipinski definition) is 4.